The molecule has 0 saturated carbocycles. The Morgan fingerprint density at radius 1 is 1.41 bits per heavy atom. The van der Waals surface area contributed by atoms with Crippen LogP contribution < -0.4 is 10.5 Å². The molecule has 0 unspecified atom stereocenters. The van der Waals surface area contributed by atoms with Crippen molar-refractivity contribution in [3.8, 4) is 5.75 Å². The first-order valence-corrected chi connectivity index (χ1v) is 6.11. The second-order valence-corrected chi connectivity index (χ2v) is 4.83. The molecule has 2 N–H and O–H groups in total. The van der Waals surface area contributed by atoms with Crippen molar-refractivity contribution in [2.24, 2.45) is 0 Å². The van der Waals surface area contributed by atoms with E-state index in [-0.39, 0.29) is 0 Å². The van der Waals surface area contributed by atoms with E-state index in [1.165, 1.54) is 18.4 Å². The van der Waals surface area contributed by atoms with Crippen molar-refractivity contribution in [3.05, 3.63) is 17.3 Å². The number of piperidine rings is 1. The van der Waals surface area contributed by atoms with Crippen LogP contribution in [0.3, 0.4) is 0 Å². The van der Waals surface area contributed by atoms with Crippen molar-refractivity contribution in [3.63, 3.8) is 0 Å². The summed E-state index contributed by atoms with van der Waals surface area (Å²) in [6, 6.07) is 2.06. The fourth-order valence-electron chi connectivity index (χ4n) is 2.52. The van der Waals surface area contributed by atoms with Gasteiger partial charge in [0.05, 0.1) is 7.11 Å². The van der Waals surface area contributed by atoms with Crippen molar-refractivity contribution in [1.82, 2.24) is 9.88 Å². The molecule has 94 valence electrons. The third-order valence-electron chi connectivity index (χ3n) is 3.62. The van der Waals surface area contributed by atoms with Gasteiger partial charge in [-0.25, -0.2) is 4.98 Å². The molecular formula is C13H21N3O. The fourth-order valence-corrected chi connectivity index (χ4v) is 2.52. The Morgan fingerprint density at radius 2 is 2.06 bits per heavy atom. The molecule has 17 heavy (non-hydrogen) atoms. The number of hydrogen-bond acceptors (Lipinski definition) is 4. The summed E-state index contributed by atoms with van der Waals surface area (Å²) in [6.07, 6.45) is 2.37. The Bertz CT molecular complexity index is 398. The Hall–Kier alpha value is -1.29. The first kappa shape index (κ1) is 12.2. The van der Waals surface area contributed by atoms with Crippen LogP contribution in [0.2, 0.25) is 0 Å². The highest BCUT2D eigenvalue weighted by molar-refractivity contribution is 5.49. The third kappa shape index (κ3) is 2.52. The van der Waals surface area contributed by atoms with E-state index >= 15 is 0 Å². The van der Waals surface area contributed by atoms with Gasteiger partial charge < -0.3 is 15.4 Å². The molecule has 1 aromatic heterocycles. The zero-order chi connectivity index (χ0) is 12.4. The molecule has 1 fully saturated rings. The van der Waals surface area contributed by atoms with Crippen LogP contribution in [0.5, 0.6) is 5.75 Å². The first-order valence-electron chi connectivity index (χ1n) is 6.11. The molecule has 1 aromatic rings. The van der Waals surface area contributed by atoms with Crippen LogP contribution in [0, 0.1) is 6.92 Å². The predicted molar refractivity (Wildman–Crippen MR) is 69.4 cm³/mol. The average molecular weight is 235 g/mol. The number of anilines is 1. The number of nitrogens with zero attached hydrogens (tertiary/aromatic N) is 2. The van der Waals surface area contributed by atoms with E-state index in [1.54, 1.807) is 7.11 Å². The van der Waals surface area contributed by atoms with Crippen LogP contribution in [0.4, 0.5) is 5.82 Å². The maximum Gasteiger partial charge on any atom is 0.166 e. The second-order valence-electron chi connectivity index (χ2n) is 4.83. The lowest BCUT2D eigenvalue weighted by atomic mass is 9.88. The summed E-state index contributed by atoms with van der Waals surface area (Å²) >= 11 is 0. The average Bonchev–Trinajstić information content (AvgIpc) is 2.31. The largest absolute Gasteiger partial charge is 0.493 e. The lowest BCUT2D eigenvalue weighted by Gasteiger charge is -2.30. The molecule has 4 heteroatoms. The van der Waals surface area contributed by atoms with Gasteiger partial charge in [0.25, 0.3) is 0 Å². The number of likely N-dealkylation sites (tertiary alicyclic amines) is 1. The minimum absolute atomic E-state index is 0.488. The summed E-state index contributed by atoms with van der Waals surface area (Å²) in [5.41, 5.74) is 8.14. The number of pyridine rings is 1. The van der Waals surface area contributed by atoms with Gasteiger partial charge in [-0.3, -0.25) is 0 Å². The van der Waals surface area contributed by atoms with Crippen LogP contribution in [-0.4, -0.2) is 37.1 Å². The lowest BCUT2D eigenvalue weighted by Crippen LogP contribution is -2.29. The Kier molecular flexibility index (Phi) is 3.52. The summed E-state index contributed by atoms with van der Waals surface area (Å²) in [5.74, 6) is 1.78. The summed E-state index contributed by atoms with van der Waals surface area (Å²) in [6.45, 7) is 4.33. The van der Waals surface area contributed by atoms with Gasteiger partial charge in [0.15, 0.2) is 11.6 Å². The van der Waals surface area contributed by atoms with Crippen LogP contribution in [0.25, 0.3) is 0 Å². The predicted octanol–water partition coefficient (Wildman–Crippen LogP) is 1.79. The molecule has 1 aliphatic heterocycles. The molecule has 0 radical (unpaired) electrons. The molecule has 2 rings (SSSR count). The number of aryl methyl sites for hydroxylation is 1. The van der Waals surface area contributed by atoms with Crippen molar-refractivity contribution in [2.45, 2.75) is 25.7 Å². The normalized spacial score (nSPS) is 18.3. The van der Waals surface area contributed by atoms with Crippen molar-refractivity contribution < 1.29 is 4.74 Å². The molecule has 0 spiro atoms. The number of nitrogens with two attached hydrogens (primary N) is 1. The van der Waals surface area contributed by atoms with E-state index in [9.17, 15) is 0 Å². The molecule has 4 nitrogen and oxygen atoms in total. The van der Waals surface area contributed by atoms with E-state index in [0.717, 1.165) is 18.8 Å². The zero-order valence-electron chi connectivity index (χ0n) is 10.9. The maximum atomic E-state index is 5.81. The molecule has 0 amide bonds. The van der Waals surface area contributed by atoms with E-state index in [1.807, 2.05) is 6.92 Å². The van der Waals surface area contributed by atoms with Crippen LogP contribution in [0.1, 0.15) is 30.0 Å². The highest BCUT2D eigenvalue weighted by Gasteiger charge is 2.21. The summed E-state index contributed by atoms with van der Waals surface area (Å²) in [5, 5.41) is 0. The van der Waals surface area contributed by atoms with Crippen molar-refractivity contribution >= 4 is 5.82 Å². The maximum absolute atomic E-state index is 5.81. The Morgan fingerprint density at radius 3 is 2.65 bits per heavy atom. The molecule has 1 aliphatic rings. The standard InChI is InChI=1S/C13H21N3O/c1-9-11(8-12(17-3)13(14)15-9)10-4-6-16(2)7-5-10/h8,10H,4-7H2,1-3H3,(H2,14,15). The summed E-state index contributed by atoms with van der Waals surface area (Å²) in [4.78, 5) is 6.75. The van der Waals surface area contributed by atoms with E-state index in [0.29, 0.717) is 17.5 Å². The quantitative estimate of drug-likeness (QED) is 0.849. The van der Waals surface area contributed by atoms with Crippen molar-refractivity contribution in [2.75, 3.05) is 33.0 Å². The van der Waals surface area contributed by atoms with Gasteiger partial charge in [0.2, 0.25) is 0 Å². The number of ether oxygens (including phenoxy) is 1. The number of rotatable bonds is 2. The fraction of sp³-hybridized carbons (Fsp3) is 0.615. The molecule has 0 atom stereocenters. The molecule has 1 saturated heterocycles. The topological polar surface area (TPSA) is 51.4 Å². The van der Waals surface area contributed by atoms with Crippen LogP contribution in [0.15, 0.2) is 6.07 Å². The Labute approximate surface area is 103 Å². The third-order valence-corrected chi connectivity index (χ3v) is 3.62. The highest BCUT2D eigenvalue weighted by atomic mass is 16.5. The van der Waals surface area contributed by atoms with Gasteiger partial charge in [0, 0.05) is 5.69 Å². The summed E-state index contributed by atoms with van der Waals surface area (Å²) in [7, 11) is 3.81. The lowest BCUT2D eigenvalue weighted by molar-refractivity contribution is 0.254. The Balaban J connectivity index is 2.25. The zero-order valence-corrected chi connectivity index (χ0v) is 10.9. The monoisotopic (exact) mass is 235 g/mol. The van der Waals surface area contributed by atoms with Crippen LogP contribution >= 0.6 is 0 Å². The van der Waals surface area contributed by atoms with Gasteiger partial charge >= 0.3 is 0 Å². The van der Waals surface area contributed by atoms with Gasteiger partial charge in [-0.05, 0) is 57.5 Å². The number of methoxy groups -OCH3 is 1. The van der Waals surface area contributed by atoms with Crippen molar-refractivity contribution in [1.29, 1.82) is 0 Å². The molecule has 0 bridgehead atoms. The summed E-state index contributed by atoms with van der Waals surface area (Å²) < 4.78 is 5.25. The van der Waals surface area contributed by atoms with Gasteiger partial charge in [0.1, 0.15) is 0 Å². The van der Waals surface area contributed by atoms with E-state index in [2.05, 4.69) is 23.0 Å². The number of hydrogen-bond donors (Lipinski definition) is 1. The van der Waals surface area contributed by atoms with E-state index < -0.39 is 0 Å². The smallest absolute Gasteiger partial charge is 0.166 e. The SMILES string of the molecule is COc1cc(C2CCN(C)CC2)c(C)nc1N. The second kappa shape index (κ2) is 4.92. The van der Waals surface area contributed by atoms with Gasteiger partial charge in [-0.15, -0.1) is 0 Å². The van der Waals surface area contributed by atoms with Gasteiger partial charge in [-0.2, -0.15) is 0 Å². The van der Waals surface area contributed by atoms with E-state index in [4.69, 9.17) is 10.5 Å². The molecular weight excluding hydrogens is 214 g/mol. The molecule has 0 aromatic carbocycles. The number of nitrogen functional groups attached to an aromatic ring is 1. The molecule has 2 heterocycles. The molecule has 0 aliphatic carbocycles. The minimum Gasteiger partial charge on any atom is -0.493 e. The highest BCUT2D eigenvalue weighted by Crippen LogP contribution is 2.33. The number of aromatic nitrogens is 1. The minimum atomic E-state index is 0.488. The van der Waals surface area contributed by atoms with Crippen LogP contribution in [-0.2, 0) is 0 Å². The first-order chi connectivity index (χ1) is 8.11. The van der Waals surface area contributed by atoms with Gasteiger partial charge in [-0.1, -0.05) is 0 Å².